The molecule has 0 saturated carbocycles. The topological polar surface area (TPSA) is 34.1 Å². The van der Waals surface area contributed by atoms with Crippen LogP contribution in [0.15, 0.2) is 29.6 Å². The van der Waals surface area contributed by atoms with Gasteiger partial charge in [-0.25, -0.2) is 4.98 Å². The average Bonchev–Trinajstić information content (AvgIpc) is 2.94. The van der Waals surface area contributed by atoms with Crippen molar-refractivity contribution in [1.82, 2.24) is 10.3 Å². The largest absolute Gasteiger partial charge is 0.487 e. The minimum Gasteiger partial charge on any atom is -0.487 e. The third-order valence-corrected chi connectivity index (χ3v) is 4.46. The molecule has 1 unspecified atom stereocenters. The van der Waals surface area contributed by atoms with Gasteiger partial charge in [-0.15, -0.1) is 11.3 Å². The third-order valence-electron chi connectivity index (χ3n) is 3.26. The van der Waals surface area contributed by atoms with E-state index in [1.165, 1.54) is 10.6 Å². The van der Waals surface area contributed by atoms with Crippen LogP contribution in [0.1, 0.15) is 49.0 Å². The van der Waals surface area contributed by atoms with E-state index in [9.17, 15) is 0 Å². The van der Waals surface area contributed by atoms with E-state index in [1.54, 1.807) is 11.3 Å². The Morgan fingerprint density at radius 3 is 2.45 bits per heavy atom. The number of aromatic nitrogens is 1. The summed E-state index contributed by atoms with van der Waals surface area (Å²) >= 11 is 1.70. The molecule has 0 aliphatic rings. The van der Waals surface area contributed by atoms with Gasteiger partial charge in [0.1, 0.15) is 12.4 Å². The molecule has 20 heavy (non-hydrogen) atoms. The Balaban J connectivity index is 1.93. The molecule has 3 nitrogen and oxygen atoms in total. The van der Waals surface area contributed by atoms with Crippen LogP contribution in [0.25, 0.3) is 0 Å². The number of hydrogen-bond donors (Lipinski definition) is 1. The van der Waals surface area contributed by atoms with Crippen molar-refractivity contribution in [2.45, 2.75) is 39.3 Å². The predicted octanol–water partition coefficient (Wildman–Crippen LogP) is 4.13. The maximum Gasteiger partial charge on any atom is 0.131 e. The van der Waals surface area contributed by atoms with E-state index in [0.717, 1.165) is 11.4 Å². The minimum atomic E-state index is 0.358. The number of nitrogens with zero attached hydrogens (tertiary/aromatic N) is 1. The molecule has 1 atom stereocenters. The molecular weight excluding hydrogens is 268 g/mol. The lowest BCUT2D eigenvalue weighted by Gasteiger charge is -2.11. The summed E-state index contributed by atoms with van der Waals surface area (Å²) in [5, 5.41) is 6.47. The SMILES string of the molecule is CNC(C)c1ccc(OCc2csc(C(C)C)n2)cc1. The molecule has 0 amide bonds. The first-order chi connectivity index (χ1) is 9.60. The Labute approximate surface area is 125 Å². The molecular formula is C16H22N2OS. The maximum atomic E-state index is 5.78. The first-order valence-corrected chi connectivity index (χ1v) is 7.82. The summed E-state index contributed by atoms with van der Waals surface area (Å²) in [4.78, 5) is 4.57. The van der Waals surface area contributed by atoms with Crippen LogP contribution in [0.3, 0.4) is 0 Å². The molecule has 1 heterocycles. The van der Waals surface area contributed by atoms with Crippen molar-refractivity contribution in [3.63, 3.8) is 0 Å². The van der Waals surface area contributed by atoms with Crippen molar-refractivity contribution in [2.24, 2.45) is 0 Å². The summed E-state index contributed by atoms with van der Waals surface area (Å²) in [6, 6.07) is 8.57. The highest BCUT2D eigenvalue weighted by molar-refractivity contribution is 7.09. The fourth-order valence-electron chi connectivity index (χ4n) is 1.83. The van der Waals surface area contributed by atoms with Gasteiger partial charge in [0.15, 0.2) is 0 Å². The zero-order valence-corrected chi connectivity index (χ0v) is 13.3. The van der Waals surface area contributed by atoms with E-state index in [-0.39, 0.29) is 0 Å². The first-order valence-electron chi connectivity index (χ1n) is 6.94. The molecule has 2 aromatic rings. The van der Waals surface area contributed by atoms with Crippen molar-refractivity contribution in [1.29, 1.82) is 0 Å². The van der Waals surface area contributed by atoms with Gasteiger partial charge in [-0.3, -0.25) is 0 Å². The van der Waals surface area contributed by atoms with Crippen molar-refractivity contribution < 1.29 is 4.74 Å². The minimum absolute atomic E-state index is 0.358. The van der Waals surface area contributed by atoms with Crippen molar-refractivity contribution in [3.8, 4) is 5.75 Å². The quantitative estimate of drug-likeness (QED) is 0.868. The fraction of sp³-hybridized carbons (Fsp3) is 0.438. The summed E-state index contributed by atoms with van der Waals surface area (Å²) in [6.07, 6.45) is 0. The van der Waals surface area contributed by atoms with Crippen LogP contribution >= 0.6 is 11.3 Å². The van der Waals surface area contributed by atoms with Gasteiger partial charge < -0.3 is 10.1 Å². The van der Waals surface area contributed by atoms with Crippen LogP contribution in [0, 0.1) is 0 Å². The predicted molar refractivity (Wildman–Crippen MR) is 84.5 cm³/mol. The number of ether oxygens (including phenoxy) is 1. The van der Waals surface area contributed by atoms with Gasteiger partial charge in [0.25, 0.3) is 0 Å². The Bertz CT molecular complexity index is 534. The summed E-state index contributed by atoms with van der Waals surface area (Å²) in [6.45, 7) is 6.99. The standard InChI is InChI=1S/C16H22N2OS/c1-11(2)16-18-14(10-20-16)9-19-15-7-5-13(6-8-15)12(3)17-4/h5-8,10-12,17H,9H2,1-4H3. The smallest absolute Gasteiger partial charge is 0.131 e. The van der Waals surface area contributed by atoms with Crippen LogP contribution in [-0.4, -0.2) is 12.0 Å². The zero-order chi connectivity index (χ0) is 14.5. The fourth-order valence-corrected chi connectivity index (χ4v) is 2.65. The number of rotatable bonds is 6. The number of nitrogens with one attached hydrogen (secondary N) is 1. The van der Waals surface area contributed by atoms with Crippen LogP contribution in [0.5, 0.6) is 5.75 Å². The van der Waals surface area contributed by atoms with Gasteiger partial charge in [-0.1, -0.05) is 26.0 Å². The lowest BCUT2D eigenvalue weighted by atomic mass is 10.1. The highest BCUT2D eigenvalue weighted by Gasteiger charge is 2.07. The van der Waals surface area contributed by atoms with Crippen LogP contribution in [0.2, 0.25) is 0 Å². The van der Waals surface area contributed by atoms with E-state index >= 15 is 0 Å². The normalized spacial score (nSPS) is 12.7. The monoisotopic (exact) mass is 290 g/mol. The van der Waals surface area contributed by atoms with Crippen LogP contribution < -0.4 is 10.1 Å². The molecule has 0 aliphatic carbocycles. The molecule has 0 fully saturated rings. The second-order valence-electron chi connectivity index (χ2n) is 5.20. The van der Waals surface area contributed by atoms with Gasteiger partial charge in [-0.05, 0) is 31.7 Å². The molecule has 0 saturated heterocycles. The molecule has 4 heteroatoms. The van der Waals surface area contributed by atoms with Gasteiger partial charge in [0.05, 0.1) is 10.7 Å². The Hall–Kier alpha value is -1.39. The number of thiazole rings is 1. The summed E-state index contributed by atoms with van der Waals surface area (Å²) in [5.74, 6) is 1.37. The van der Waals surface area contributed by atoms with E-state index in [2.05, 4.69) is 48.6 Å². The highest BCUT2D eigenvalue weighted by atomic mass is 32.1. The molecule has 2 rings (SSSR count). The second kappa shape index (κ2) is 6.86. The Morgan fingerprint density at radius 2 is 1.90 bits per heavy atom. The maximum absolute atomic E-state index is 5.78. The van der Waals surface area contributed by atoms with Gasteiger partial charge in [-0.2, -0.15) is 0 Å². The van der Waals surface area contributed by atoms with E-state index in [1.807, 2.05) is 19.2 Å². The Kier molecular flexibility index (Phi) is 5.15. The summed E-state index contributed by atoms with van der Waals surface area (Å²) in [5.41, 5.74) is 2.27. The second-order valence-corrected chi connectivity index (χ2v) is 6.09. The third kappa shape index (κ3) is 3.81. The van der Waals surface area contributed by atoms with Crippen LogP contribution in [0.4, 0.5) is 0 Å². The molecule has 1 aromatic heterocycles. The lowest BCUT2D eigenvalue weighted by Crippen LogP contribution is -2.11. The number of hydrogen-bond acceptors (Lipinski definition) is 4. The highest BCUT2D eigenvalue weighted by Crippen LogP contribution is 2.21. The van der Waals surface area contributed by atoms with Gasteiger partial charge in [0, 0.05) is 17.3 Å². The molecule has 0 spiro atoms. The first kappa shape index (κ1) is 15.0. The van der Waals surface area contributed by atoms with Gasteiger partial charge >= 0.3 is 0 Å². The molecule has 1 N–H and O–H groups in total. The van der Waals surface area contributed by atoms with Crippen LogP contribution in [-0.2, 0) is 6.61 Å². The lowest BCUT2D eigenvalue weighted by molar-refractivity contribution is 0.301. The summed E-state index contributed by atoms with van der Waals surface area (Å²) in [7, 11) is 1.96. The van der Waals surface area contributed by atoms with E-state index in [0.29, 0.717) is 18.6 Å². The zero-order valence-electron chi connectivity index (χ0n) is 12.5. The molecule has 1 aromatic carbocycles. The summed E-state index contributed by atoms with van der Waals surface area (Å²) < 4.78 is 5.78. The van der Waals surface area contributed by atoms with Gasteiger partial charge in [0.2, 0.25) is 0 Å². The van der Waals surface area contributed by atoms with E-state index < -0.39 is 0 Å². The average molecular weight is 290 g/mol. The molecule has 0 radical (unpaired) electrons. The van der Waals surface area contributed by atoms with Crippen molar-refractivity contribution in [2.75, 3.05) is 7.05 Å². The molecule has 108 valence electrons. The Morgan fingerprint density at radius 1 is 1.20 bits per heavy atom. The van der Waals surface area contributed by atoms with Crippen molar-refractivity contribution >= 4 is 11.3 Å². The molecule has 0 aliphatic heterocycles. The molecule has 0 bridgehead atoms. The van der Waals surface area contributed by atoms with Crippen molar-refractivity contribution in [3.05, 3.63) is 45.9 Å². The number of benzene rings is 1. The van der Waals surface area contributed by atoms with E-state index in [4.69, 9.17) is 4.74 Å².